The second kappa shape index (κ2) is 5.59. The van der Waals surface area contributed by atoms with Gasteiger partial charge in [-0.25, -0.2) is 0 Å². The number of hydrogen-bond donors (Lipinski definition) is 0. The van der Waals surface area contributed by atoms with E-state index in [0.717, 1.165) is 12.1 Å². The lowest BCUT2D eigenvalue weighted by Crippen LogP contribution is -2.41. The van der Waals surface area contributed by atoms with E-state index < -0.39 is 17.8 Å². The maximum atomic E-state index is 12.6. The van der Waals surface area contributed by atoms with Gasteiger partial charge in [-0.3, -0.25) is 4.90 Å². The van der Waals surface area contributed by atoms with Gasteiger partial charge in [-0.05, 0) is 11.6 Å². The zero-order valence-corrected chi connectivity index (χ0v) is 10.2. The minimum absolute atomic E-state index is 0.394. The van der Waals surface area contributed by atoms with Gasteiger partial charge < -0.3 is 4.74 Å². The summed E-state index contributed by atoms with van der Waals surface area (Å²) >= 11 is 0. The van der Waals surface area contributed by atoms with E-state index in [1.165, 1.54) is 6.07 Å². The summed E-state index contributed by atoms with van der Waals surface area (Å²) in [7, 11) is 0. The van der Waals surface area contributed by atoms with Gasteiger partial charge in [-0.2, -0.15) is 18.4 Å². The molecular formula is C13H13F3N2O. The topological polar surface area (TPSA) is 36.3 Å². The van der Waals surface area contributed by atoms with Gasteiger partial charge in [-0.15, -0.1) is 0 Å². The van der Waals surface area contributed by atoms with Gasteiger partial charge in [0.15, 0.2) is 6.10 Å². The van der Waals surface area contributed by atoms with Crippen LogP contribution in [-0.4, -0.2) is 30.7 Å². The summed E-state index contributed by atoms with van der Waals surface area (Å²) in [5, 5.41) is 8.78. The molecule has 3 nitrogen and oxygen atoms in total. The Labute approximate surface area is 109 Å². The van der Waals surface area contributed by atoms with E-state index in [2.05, 4.69) is 0 Å². The van der Waals surface area contributed by atoms with Crippen molar-refractivity contribution in [2.24, 2.45) is 0 Å². The Kier molecular flexibility index (Phi) is 4.08. The third-order valence-electron chi connectivity index (χ3n) is 2.96. The van der Waals surface area contributed by atoms with Crippen molar-refractivity contribution >= 4 is 0 Å². The standard InChI is InChI=1S/C13H13F3N2O/c14-13(15,16)11-3-1-2-10(6-11)8-18-4-5-19-12(7-17)9-18/h1-3,6,12H,4-5,8-9H2. The van der Waals surface area contributed by atoms with Crippen molar-refractivity contribution in [3.8, 4) is 6.07 Å². The smallest absolute Gasteiger partial charge is 0.361 e. The Morgan fingerprint density at radius 3 is 2.89 bits per heavy atom. The minimum atomic E-state index is -4.32. The minimum Gasteiger partial charge on any atom is -0.361 e. The van der Waals surface area contributed by atoms with Crippen molar-refractivity contribution in [3.63, 3.8) is 0 Å². The zero-order chi connectivity index (χ0) is 13.9. The highest BCUT2D eigenvalue weighted by molar-refractivity contribution is 5.25. The van der Waals surface area contributed by atoms with Crippen molar-refractivity contribution in [2.45, 2.75) is 18.8 Å². The number of nitrogens with zero attached hydrogens (tertiary/aromatic N) is 2. The highest BCUT2D eigenvalue weighted by Gasteiger charge is 2.30. The van der Waals surface area contributed by atoms with E-state index >= 15 is 0 Å². The van der Waals surface area contributed by atoms with Gasteiger partial charge in [0.05, 0.1) is 18.2 Å². The largest absolute Gasteiger partial charge is 0.416 e. The van der Waals surface area contributed by atoms with Gasteiger partial charge in [0, 0.05) is 19.6 Å². The van der Waals surface area contributed by atoms with Crippen molar-refractivity contribution in [3.05, 3.63) is 35.4 Å². The number of hydrogen-bond acceptors (Lipinski definition) is 3. The molecule has 1 aliphatic rings. The fourth-order valence-corrected chi connectivity index (χ4v) is 2.03. The van der Waals surface area contributed by atoms with Crippen LogP contribution in [0.3, 0.4) is 0 Å². The molecule has 19 heavy (non-hydrogen) atoms. The molecule has 0 saturated carbocycles. The molecule has 1 atom stereocenters. The quantitative estimate of drug-likeness (QED) is 0.828. The second-order valence-electron chi connectivity index (χ2n) is 4.42. The molecule has 0 N–H and O–H groups in total. The van der Waals surface area contributed by atoms with E-state index in [9.17, 15) is 13.2 Å². The Balaban J connectivity index is 2.05. The molecule has 0 aromatic heterocycles. The lowest BCUT2D eigenvalue weighted by atomic mass is 10.1. The Hall–Kier alpha value is -1.58. The summed E-state index contributed by atoms with van der Waals surface area (Å²) in [5.41, 5.74) is -0.0523. The second-order valence-corrected chi connectivity index (χ2v) is 4.42. The molecule has 0 spiro atoms. The number of morpholine rings is 1. The van der Waals surface area contributed by atoms with Crippen molar-refractivity contribution < 1.29 is 17.9 Å². The van der Waals surface area contributed by atoms with Gasteiger partial charge >= 0.3 is 6.18 Å². The van der Waals surface area contributed by atoms with Gasteiger partial charge in [0.2, 0.25) is 0 Å². The van der Waals surface area contributed by atoms with E-state index in [0.29, 0.717) is 31.8 Å². The average molecular weight is 270 g/mol. The SMILES string of the molecule is N#CC1CN(Cc2cccc(C(F)(F)F)c2)CCO1. The molecule has 1 fully saturated rings. The lowest BCUT2D eigenvalue weighted by molar-refractivity contribution is -0.137. The Morgan fingerprint density at radius 1 is 1.42 bits per heavy atom. The van der Waals surface area contributed by atoms with Crippen LogP contribution in [0.5, 0.6) is 0 Å². The molecule has 1 aromatic rings. The summed E-state index contributed by atoms with van der Waals surface area (Å²) in [4.78, 5) is 1.92. The van der Waals surface area contributed by atoms with E-state index in [4.69, 9.17) is 10.00 Å². The van der Waals surface area contributed by atoms with Crippen LogP contribution in [0.2, 0.25) is 0 Å². The molecule has 1 unspecified atom stereocenters. The first-order chi connectivity index (χ1) is 8.99. The first-order valence-electron chi connectivity index (χ1n) is 5.89. The van der Waals surface area contributed by atoms with Crippen molar-refractivity contribution in [1.82, 2.24) is 4.90 Å². The van der Waals surface area contributed by atoms with Crippen LogP contribution in [0, 0.1) is 11.3 Å². The summed E-state index contributed by atoms with van der Waals surface area (Å²) in [6.45, 7) is 1.86. The molecule has 1 aliphatic heterocycles. The van der Waals surface area contributed by atoms with E-state index in [1.807, 2.05) is 11.0 Å². The normalized spacial score (nSPS) is 21.1. The molecule has 0 bridgehead atoms. The number of nitriles is 1. The summed E-state index contributed by atoms with van der Waals surface area (Å²) in [6, 6.07) is 7.28. The summed E-state index contributed by atoms with van der Waals surface area (Å²) in [5.74, 6) is 0. The first kappa shape index (κ1) is 13.8. The molecular weight excluding hydrogens is 257 g/mol. The predicted molar refractivity (Wildman–Crippen MR) is 62.1 cm³/mol. The maximum Gasteiger partial charge on any atom is 0.416 e. The van der Waals surface area contributed by atoms with Crippen LogP contribution in [0.15, 0.2) is 24.3 Å². The molecule has 0 amide bonds. The first-order valence-corrected chi connectivity index (χ1v) is 5.89. The van der Waals surface area contributed by atoms with E-state index in [-0.39, 0.29) is 0 Å². The molecule has 102 valence electrons. The van der Waals surface area contributed by atoms with Gasteiger partial charge in [-0.1, -0.05) is 18.2 Å². The van der Waals surface area contributed by atoms with Crippen LogP contribution < -0.4 is 0 Å². The fraction of sp³-hybridized carbons (Fsp3) is 0.462. The molecule has 1 heterocycles. The van der Waals surface area contributed by atoms with Crippen LogP contribution in [0.1, 0.15) is 11.1 Å². The number of benzene rings is 1. The number of ether oxygens (including phenoxy) is 1. The van der Waals surface area contributed by atoms with Crippen LogP contribution in [0.4, 0.5) is 13.2 Å². The Morgan fingerprint density at radius 2 is 2.21 bits per heavy atom. The lowest BCUT2D eigenvalue weighted by Gasteiger charge is -2.29. The molecule has 6 heteroatoms. The third-order valence-corrected chi connectivity index (χ3v) is 2.96. The van der Waals surface area contributed by atoms with Crippen LogP contribution in [-0.2, 0) is 17.5 Å². The van der Waals surface area contributed by atoms with E-state index in [1.54, 1.807) is 6.07 Å². The maximum absolute atomic E-state index is 12.6. The fourth-order valence-electron chi connectivity index (χ4n) is 2.03. The average Bonchev–Trinajstić information content (AvgIpc) is 2.38. The van der Waals surface area contributed by atoms with Crippen LogP contribution >= 0.6 is 0 Å². The van der Waals surface area contributed by atoms with Gasteiger partial charge in [0.1, 0.15) is 0 Å². The molecule has 1 saturated heterocycles. The summed E-state index contributed by atoms with van der Waals surface area (Å²) in [6.07, 6.45) is -4.82. The number of alkyl halides is 3. The summed E-state index contributed by atoms with van der Waals surface area (Å²) < 4.78 is 42.9. The number of halogens is 3. The monoisotopic (exact) mass is 270 g/mol. The number of rotatable bonds is 2. The molecule has 2 rings (SSSR count). The molecule has 1 aromatic carbocycles. The highest BCUT2D eigenvalue weighted by Crippen LogP contribution is 2.29. The third kappa shape index (κ3) is 3.69. The zero-order valence-electron chi connectivity index (χ0n) is 10.2. The van der Waals surface area contributed by atoms with Gasteiger partial charge in [0.25, 0.3) is 0 Å². The molecule has 0 aliphatic carbocycles. The predicted octanol–water partition coefficient (Wildman–Crippen LogP) is 2.43. The van der Waals surface area contributed by atoms with Crippen molar-refractivity contribution in [1.29, 1.82) is 5.26 Å². The van der Waals surface area contributed by atoms with Crippen LogP contribution in [0.25, 0.3) is 0 Å². The van der Waals surface area contributed by atoms with Crippen molar-refractivity contribution in [2.75, 3.05) is 19.7 Å². The molecule has 0 radical (unpaired) electrons. The Bertz CT molecular complexity index is 482. The highest BCUT2D eigenvalue weighted by atomic mass is 19.4.